The number of anilines is 2. The first kappa shape index (κ1) is 14.6. The van der Waals surface area contributed by atoms with Crippen molar-refractivity contribution in [1.29, 1.82) is 0 Å². The summed E-state index contributed by atoms with van der Waals surface area (Å²) >= 11 is 0. The molecule has 1 aliphatic rings. The lowest BCUT2D eigenvalue weighted by molar-refractivity contribution is 0.0762. The molecule has 1 amide bonds. The fourth-order valence-electron chi connectivity index (χ4n) is 2.81. The lowest BCUT2D eigenvalue weighted by Gasteiger charge is -2.22. The Morgan fingerprint density at radius 1 is 0.955 bits per heavy atom. The zero-order valence-electron chi connectivity index (χ0n) is 12.7. The van der Waals surface area contributed by atoms with Crippen LogP contribution in [0.5, 0.6) is 0 Å². The fourth-order valence-corrected chi connectivity index (χ4v) is 2.81. The van der Waals surface area contributed by atoms with E-state index in [1.807, 2.05) is 41.3 Å². The molecule has 3 rings (SSSR count). The van der Waals surface area contributed by atoms with Gasteiger partial charge in [-0.3, -0.25) is 9.78 Å². The van der Waals surface area contributed by atoms with E-state index in [1.165, 1.54) is 12.8 Å². The molecule has 114 valence electrons. The number of para-hydroxylation sites is 1. The molecule has 4 nitrogen and oxygen atoms in total. The first-order valence-electron chi connectivity index (χ1n) is 7.90. The van der Waals surface area contributed by atoms with Crippen molar-refractivity contribution in [2.24, 2.45) is 0 Å². The van der Waals surface area contributed by atoms with Crippen molar-refractivity contribution in [3.05, 3.63) is 54.4 Å². The van der Waals surface area contributed by atoms with Gasteiger partial charge in [-0.1, -0.05) is 25.0 Å². The number of benzene rings is 1. The zero-order chi connectivity index (χ0) is 15.2. The van der Waals surface area contributed by atoms with Crippen LogP contribution >= 0.6 is 0 Å². The maximum atomic E-state index is 12.8. The van der Waals surface area contributed by atoms with Gasteiger partial charge in [0, 0.05) is 31.2 Å². The highest BCUT2D eigenvalue weighted by molar-refractivity contribution is 6.00. The number of hydrogen-bond donors (Lipinski definition) is 1. The average molecular weight is 295 g/mol. The van der Waals surface area contributed by atoms with Gasteiger partial charge < -0.3 is 10.2 Å². The van der Waals surface area contributed by atoms with Gasteiger partial charge in [0.2, 0.25) is 0 Å². The summed E-state index contributed by atoms with van der Waals surface area (Å²) < 4.78 is 0. The Balaban J connectivity index is 1.82. The molecule has 1 aromatic carbocycles. The summed E-state index contributed by atoms with van der Waals surface area (Å²) in [6.07, 6.45) is 8.13. The molecule has 0 atom stereocenters. The third kappa shape index (κ3) is 3.45. The van der Waals surface area contributed by atoms with Gasteiger partial charge in [-0.05, 0) is 37.1 Å². The van der Waals surface area contributed by atoms with E-state index in [4.69, 9.17) is 0 Å². The normalized spacial score (nSPS) is 15.2. The number of nitrogens with zero attached hydrogens (tertiary/aromatic N) is 2. The molecular weight excluding hydrogens is 274 g/mol. The third-order valence-corrected chi connectivity index (χ3v) is 4.01. The Labute approximate surface area is 131 Å². The van der Waals surface area contributed by atoms with Crippen LogP contribution in [0.4, 0.5) is 11.4 Å². The van der Waals surface area contributed by atoms with Crippen molar-refractivity contribution >= 4 is 17.3 Å². The van der Waals surface area contributed by atoms with Gasteiger partial charge in [-0.15, -0.1) is 0 Å². The molecule has 0 unspecified atom stereocenters. The van der Waals surface area contributed by atoms with Crippen LogP contribution in [0.15, 0.2) is 48.8 Å². The van der Waals surface area contributed by atoms with E-state index in [0.717, 1.165) is 42.9 Å². The molecule has 4 heteroatoms. The van der Waals surface area contributed by atoms with Crippen molar-refractivity contribution in [3.8, 4) is 0 Å². The number of hydrogen-bond acceptors (Lipinski definition) is 3. The van der Waals surface area contributed by atoms with Crippen molar-refractivity contribution in [3.63, 3.8) is 0 Å². The Bertz CT molecular complexity index is 619. The van der Waals surface area contributed by atoms with Crippen molar-refractivity contribution in [2.45, 2.75) is 25.7 Å². The smallest absolute Gasteiger partial charge is 0.255 e. The molecule has 0 bridgehead atoms. The molecule has 0 spiro atoms. The first-order valence-corrected chi connectivity index (χ1v) is 7.90. The molecule has 0 saturated carbocycles. The number of pyridine rings is 1. The summed E-state index contributed by atoms with van der Waals surface area (Å²) in [5, 5.41) is 3.32. The molecule has 1 aliphatic heterocycles. The van der Waals surface area contributed by atoms with Crippen LogP contribution in [-0.4, -0.2) is 28.9 Å². The topological polar surface area (TPSA) is 45.2 Å². The number of likely N-dealkylation sites (tertiary alicyclic amines) is 1. The maximum absolute atomic E-state index is 12.8. The second-order valence-electron chi connectivity index (χ2n) is 5.61. The summed E-state index contributed by atoms with van der Waals surface area (Å²) in [5.41, 5.74) is 2.52. The van der Waals surface area contributed by atoms with Crippen LogP contribution in [0.3, 0.4) is 0 Å². The van der Waals surface area contributed by atoms with Crippen LogP contribution in [0, 0.1) is 0 Å². The standard InChI is InChI=1S/C18H21N3O/c22-18(21-13-5-1-2-6-14-21)16-7-3-4-8-17(16)20-15-9-11-19-12-10-15/h3-4,7-12H,1-2,5-6,13-14H2,(H,19,20). The van der Waals surface area contributed by atoms with Crippen molar-refractivity contribution in [1.82, 2.24) is 9.88 Å². The molecule has 2 heterocycles. The molecule has 0 aliphatic carbocycles. The lowest BCUT2D eigenvalue weighted by Crippen LogP contribution is -2.32. The summed E-state index contributed by atoms with van der Waals surface area (Å²) in [4.78, 5) is 18.8. The predicted molar refractivity (Wildman–Crippen MR) is 88.3 cm³/mol. The third-order valence-electron chi connectivity index (χ3n) is 4.01. The van der Waals surface area contributed by atoms with E-state index in [-0.39, 0.29) is 5.91 Å². The molecule has 1 fully saturated rings. The highest BCUT2D eigenvalue weighted by Crippen LogP contribution is 2.23. The van der Waals surface area contributed by atoms with Gasteiger partial charge in [0.15, 0.2) is 0 Å². The highest BCUT2D eigenvalue weighted by atomic mass is 16.2. The summed E-state index contributed by atoms with van der Waals surface area (Å²) in [7, 11) is 0. The second-order valence-corrected chi connectivity index (χ2v) is 5.61. The minimum Gasteiger partial charge on any atom is -0.355 e. The van der Waals surface area contributed by atoms with Crippen LogP contribution < -0.4 is 5.32 Å². The van der Waals surface area contributed by atoms with Crippen LogP contribution in [0.2, 0.25) is 0 Å². The van der Waals surface area contributed by atoms with Gasteiger partial charge in [0.25, 0.3) is 5.91 Å². The number of nitrogens with one attached hydrogen (secondary N) is 1. The number of carbonyl (C=O) groups is 1. The molecule has 1 N–H and O–H groups in total. The van der Waals surface area contributed by atoms with E-state index in [1.54, 1.807) is 12.4 Å². The summed E-state index contributed by atoms with van der Waals surface area (Å²) in [6.45, 7) is 1.73. The summed E-state index contributed by atoms with van der Waals surface area (Å²) in [5.74, 6) is 0.124. The monoisotopic (exact) mass is 295 g/mol. The fraction of sp³-hybridized carbons (Fsp3) is 0.333. The SMILES string of the molecule is O=C(c1ccccc1Nc1ccncc1)N1CCCCCC1. The van der Waals surface area contributed by atoms with Crippen molar-refractivity contribution in [2.75, 3.05) is 18.4 Å². The summed E-state index contributed by atoms with van der Waals surface area (Å²) in [6, 6.07) is 11.5. The van der Waals surface area contributed by atoms with Gasteiger partial charge >= 0.3 is 0 Å². The molecule has 1 saturated heterocycles. The van der Waals surface area contributed by atoms with E-state index < -0.39 is 0 Å². The van der Waals surface area contributed by atoms with E-state index in [9.17, 15) is 4.79 Å². The van der Waals surface area contributed by atoms with Gasteiger partial charge in [0.1, 0.15) is 0 Å². The number of amides is 1. The molecule has 2 aromatic rings. The van der Waals surface area contributed by atoms with E-state index in [2.05, 4.69) is 10.3 Å². The molecular formula is C18H21N3O. The molecule has 22 heavy (non-hydrogen) atoms. The minimum absolute atomic E-state index is 0.124. The van der Waals surface area contributed by atoms with Gasteiger partial charge in [-0.2, -0.15) is 0 Å². The van der Waals surface area contributed by atoms with E-state index in [0.29, 0.717) is 0 Å². The highest BCUT2D eigenvalue weighted by Gasteiger charge is 2.19. The number of rotatable bonds is 3. The van der Waals surface area contributed by atoms with Gasteiger partial charge in [-0.25, -0.2) is 0 Å². The van der Waals surface area contributed by atoms with Crippen LogP contribution in [0.25, 0.3) is 0 Å². The average Bonchev–Trinajstić information content (AvgIpc) is 2.85. The quantitative estimate of drug-likeness (QED) is 0.935. The first-order chi connectivity index (χ1) is 10.8. The minimum atomic E-state index is 0.124. The Morgan fingerprint density at radius 2 is 1.64 bits per heavy atom. The largest absolute Gasteiger partial charge is 0.355 e. The van der Waals surface area contributed by atoms with Crippen LogP contribution in [0.1, 0.15) is 36.0 Å². The van der Waals surface area contributed by atoms with Crippen LogP contribution in [-0.2, 0) is 0 Å². The zero-order valence-corrected chi connectivity index (χ0v) is 12.7. The van der Waals surface area contributed by atoms with Gasteiger partial charge in [0.05, 0.1) is 11.3 Å². The Morgan fingerprint density at radius 3 is 2.36 bits per heavy atom. The second kappa shape index (κ2) is 7.07. The van der Waals surface area contributed by atoms with E-state index >= 15 is 0 Å². The molecule has 1 aromatic heterocycles. The predicted octanol–water partition coefficient (Wildman–Crippen LogP) is 3.84. The lowest BCUT2D eigenvalue weighted by atomic mass is 10.1. The van der Waals surface area contributed by atoms with Crippen molar-refractivity contribution < 1.29 is 4.79 Å². The Kier molecular flexibility index (Phi) is 4.68. The number of carbonyl (C=O) groups excluding carboxylic acids is 1. The number of aromatic nitrogens is 1. The Hall–Kier alpha value is -2.36. The maximum Gasteiger partial charge on any atom is 0.255 e. The molecule has 0 radical (unpaired) electrons.